The van der Waals surface area contributed by atoms with E-state index in [2.05, 4.69) is 24.5 Å². The number of thiazole rings is 1. The van der Waals surface area contributed by atoms with Gasteiger partial charge in [0.1, 0.15) is 10.6 Å². The molecule has 0 radical (unpaired) electrons. The number of methoxy groups -OCH3 is 1. The Bertz CT molecular complexity index is 354. The summed E-state index contributed by atoms with van der Waals surface area (Å²) in [7, 11) is 1.77. The van der Waals surface area contributed by atoms with Gasteiger partial charge in [-0.1, -0.05) is 13.3 Å². The monoisotopic (exact) mass is 254 g/mol. The minimum Gasteiger partial charge on any atom is -0.371 e. The molecule has 3 nitrogen and oxygen atoms in total. The number of hydrogen-bond donors (Lipinski definition) is 1. The fraction of sp³-hybridized carbons (Fsp3) is 0.769. The van der Waals surface area contributed by atoms with Gasteiger partial charge in [0.25, 0.3) is 0 Å². The molecule has 1 aromatic rings. The van der Waals surface area contributed by atoms with Crippen molar-refractivity contribution in [3.63, 3.8) is 0 Å². The first-order valence-electron chi connectivity index (χ1n) is 6.44. The predicted octanol–water partition coefficient (Wildman–Crippen LogP) is 3.23. The predicted molar refractivity (Wildman–Crippen MR) is 71.4 cm³/mol. The van der Waals surface area contributed by atoms with E-state index in [0.29, 0.717) is 6.04 Å². The minimum atomic E-state index is -0.225. The Morgan fingerprint density at radius 3 is 3.00 bits per heavy atom. The minimum absolute atomic E-state index is 0.225. The Kier molecular flexibility index (Phi) is 4.17. The topological polar surface area (TPSA) is 34.1 Å². The van der Waals surface area contributed by atoms with E-state index in [0.717, 1.165) is 18.0 Å². The van der Waals surface area contributed by atoms with E-state index in [1.165, 1.54) is 25.0 Å². The number of rotatable bonds is 4. The number of ether oxygens (including phenoxy) is 1. The van der Waals surface area contributed by atoms with Crippen LogP contribution in [-0.2, 0) is 10.3 Å². The molecule has 2 atom stereocenters. The Hall–Kier alpha value is -0.450. The van der Waals surface area contributed by atoms with Crippen molar-refractivity contribution in [2.45, 2.75) is 51.2 Å². The van der Waals surface area contributed by atoms with Gasteiger partial charge in [-0.05, 0) is 32.7 Å². The Labute approximate surface area is 108 Å². The van der Waals surface area contributed by atoms with Crippen molar-refractivity contribution in [3.05, 3.63) is 16.1 Å². The number of nitrogens with zero attached hydrogens (tertiary/aromatic N) is 1. The van der Waals surface area contributed by atoms with Crippen LogP contribution >= 0.6 is 11.3 Å². The number of hydrogen-bond acceptors (Lipinski definition) is 4. The molecule has 1 aromatic heterocycles. The highest BCUT2D eigenvalue weighted by atomic mass is 32.1. The van der Waals surface area contributed by atoms with Gasteiger partial charge in [0.15, 0.2) is 0 Å². The molecule has 0 aromatic carbocycles. The van der Waals surface area contributed by atoms with Gasteiger partial charge in [-0.3, -0.25) is 0 Å². The molecule has 0 bridgehead atoms. The maximum absolute atomic E-state index is 5.60. The second-order valence-electron chi connectivity index (χ2n) is 4.87. The first kappa shape index (κ1) is 13.0. The average molecular weight is 254 g/mol. The normalized spacial score (nSPS) is 24.5. The third-order valence-electron chi connectivity index (χ3n) is 3.77. The van der Waals surface area contributed by atoms with Gasteiger partial charge >= 0.3 is 0 Å². The average Bonchev–Trinajstić information content (AvgIpc) is 2.89. The molecule has 1 aliphatic heterocycles. The molecule has 0 saturated carbocycles. The smallest absolute Gasteiger partial charge is 0.125 e. The molecular weight excluding hydrogens is 232 g/mol. The Morgan fingerprint density at radius 1 is 1.59 bits per heavy atom. The van der Waals surface area contributed by atoms with Crippen molar-refractivity contribution >= 4 is 11.3 Å². The fourth-order valence-electron chi connectivity index (χ4n) is 2.18. The molecule has 0 amide bonds. The SMILES string of the molecule is CCC(C)(OC)c1nc(C2CCCCN2)cs1. The molecule has 1 saturated heterocycles. The van der Waals surface area contributed by atoms with Crippen LogP contribution in [0.2, 0.25) is 0 Å². The highest BCUT2D eigenvalue weighted by Gasteiger charge is 2.29. The van der Waals surface area contributed by atoms with Crippen molar-refractivity contribution < 1.29 is 4.74 Å². The van der Waals surface area contributed by atoms with Gasteiger partial charge < -0.3 is 10.1 Å². The van der Waals surface area contributed by atoms with Crippen molar-refractivity contribution in [3.8, 4) is 0 Å². The van der Waals surface area contributed by atoms with Crippen LogP contribution in [0.3, 0.4) is 0 Å². The molecule has 1 fully saturated rings. The molecule has 1 N–H and O–H groups in total. The van der Waals surface area contributed by atoms with Crippen LogP contribution in [0, 0.1) is 0 Å². The lowest BCUT2D eigenvalue weighted by molar-refractivity contribution is -0.00173. The van der Waals surface area contributed by atoms with Gasteiger partial charge in [0.2, 0.25) is 0 Å². The van der Waals surface area contributed by atoms with Crippen LogP contribution in [-0.4, -0.2) is 18.6 Å². The highest BCUT2D eigenvalue weighted by Crippen LogP contribution is 2.33. The molecule has 2 heterocycles. The molecule has 4 heteroatoms. The van der Waals surface area contributed by atoms with Crippen LogP contribution in [0.1, 0.15) is 56.3 Å². The molecule has 2 rings (SSSR count). The maximum Gasteiger partial charge on any atom is 0.125 e. The Morgan fingerprint density at radius 2 is 2.41 bits per heavy atom. The summed E-state index contributed by atoms with van der Waals surface area (Å²) in [6, 6.07) is 0.451. The van der Waals surface area contributed by atoms with Crippen molar-refractivity contribution in [1.82, 2.24) is 10.3 Å². The Balaban J connectivity index is 2.14. The molecule has 0 aliphatic carbocycles. The van der Waals surface area contributed by atoms with E-state index in [-0.39, 0.29) is 5.60 Å². The summed E-state index contributed by atoms with van der Waals surface area (Å²) in [4.78, 5) is 4.78. The first-order chi connectivity index (χ1) is 8.19. The standard InChI is InChI=1S/C13H22N2OS/c1-4-13(2,16-3)12-15-11(9-17-12)10-7-5-6-8-14-10/h9-10,14H,4-8H2,1-3H3. The maximum atomic E-state index is 5.60. The summed E-state index contributed by atoms with van der Waals surface area (Å²) in [5.74, 6) is 0. The number of piperidine rings is 1. The molecule has 17 heavy (non-hydrogen) atoms. The fourth-order valence-corrected chi connectivity index (χ4v) is 3.26. The summed E-state index contributed by atoms with van der Waals surface area (Å²) in [5, 5.41) is 6.83. The van der Waals surface area contributed by atoms with E-state index in [4.69, 9.17) is 9.72 Å². The molecular formula is C13H22N2OS. The molecule has 1 aliphatic rings. The number of aromatic nitrogens is 1. The van der Waals surface area contributed by atoms with Crippen molar-refractivity contribution in [2.24, 2.45) is 0 Å². The third kappa shape index (κ3) is 2.69. The first-order valence-corrected chi connectivity index (χ1v) is 7.32. The zero-order valence-electron chi connectivity index (χ0n) is 11.0. The quantitative estimate of drug-likeness (QED) is 0.895. The van der Waals surface area contributed by atoms with E-state index < -0.39 is 0 Å². The second-order valence-corrected chi connectivity index (χ2v) is 5.73. The van der Waals surface area contributed by atoms with E-state index in [1.807, 2.05) is 0 Å². The third-order valence-corrected chi connectivity index (χ3v) is 4.87. The highest BCUT2D eigenvalue weighted by molar-refractivity contribution is 7.09. The van der Waals surface area contributed by atoms with Gasteiger partial charge in [0, 0.05) is 12.5 Å². The largest absolute Gasteiger partial charge is 0.371 e. The second kappa shape index (κ2) is 5.46. The number of nitrogens with one attached hydrogen (secondary N) is 1. The zero-order valence-corrected chi connectivity index (χ0v) is 11.8. The summed E-state index contributed by atoms with van der Waals surface area (Å²) < 4.78 is 5.60. The zero-order chi connectivity index (χ0) is 12.3. The summed E-state index contributed by atoms with van der Waals surface area (Å²) >= 11 is 1.72. The van der Waals surface area contributed by atoms with Crippen LogP contribution in [0.15, 0.2) is 5.38 Å². The lowest BCUT2D eigenvalue weighted by atomic mass is 10.0. The van der Waals surface area contributed by atoms with E-state index in [9.17, 15) is 0 Å². The lowest BCUT2D eigenvalue weighted by Gasteiger charge is -2.24. The summed E-state index contributed by atoms with van der Waals surface area (Å²) in [6.45, 7) is 5.38. The molecule has 2 unspecified atom stereocenters. The summed E-state index contributed by atoms with van der Waals surface area (Å²) in [6.07, 6.45) is 4.76. The van der Waals surface area contributed by atoms with Crippen LogP contribution in [0.5, 0.6) is 0 Å². The van der Waals surface area contributed by atoms with Crippen LogP contribution in [0.25, 0.3) is 0 Å². The lowest BCUT2D eigenvalue weighted by Crippen LogP contribution is -2.28. The van der Waals surface area contributed by atoms with Crippen molar-refractivity contribution in [1.29, 1.82) is 0 Å². The van der Waals surface area contributed by atoms with Crippen LogP contribution in [0.4, 0.5) is 0 Å². The van der Waals surface area contributed by atoms with E-state index in [1.54, 1.807) is 18.4 Å². The van der Waals surface area contributed by atoms with Crippen molar-refractivity contribution in [2.75, 3.05) is 13.7 Å². The van der Waals surface area contributed by atoms with Gasteiger partial charge in [0.05, 0.1) is 11.7 Å². The van der Waals surface area contributed by atoms with Crippen LogP contribution < -0.4 is 5.32 Å². The van der Waals surface area contributed by atoms with Gasteiger partial charge in [-0.25, -0.2) is 4.98 Å². The van der Waals surface area contributed by atoms with Gasteiger partial charge in [-0.15, -0.1) is 11.3 Å². The van der Waals surface area contributed by atoms with E-state index >= 15 is 0 Å². The summed E-state index contributed by atoms with van der Waals surface area (Å²) in [5.41, 5.74) is 0.971. The molecule has 96 valence electrons. The van der Waals surface area contributed by atoms with Gasteiger partial charge in [-0.2, -0.15) is 0 Å². The molecule has 0 spiro atoms.